The second-order valence-electron chi connectivity index (χ2n) is 6.55. The van der Waals surface area contributed by atoms with E-state index in [9.17, 15) is 18.1 Å². The Morgan fingerprint density at radius 1 is 1.10 bits per heavy atom. The van der Waals surface area contributed by atoms with E-state index in [1.165, 1.54) is 25.3 Å². The molecule has 31 heavy (non-hydrogen) atoms. The molecule has 0 atom stereocenters. The number of phosphoric ester groups is 1. The summed E-state index contributed by atoms with van der Waals surface area (Å²) in [5, 5.41) is -0.421. The second kappa shape index (κ2) is 9.15. The molecule has 0 amide bonds. The molecule has 0 aliphatic rings. The van der Waals surface area contributed by atoms with Crippen molar-refractivity contribution >= 4 is 18.7 Å². The second-order valence-corrected chi connectivity index (χ2v) is 7.79. The van der Waals surface area contributed by atoms with Gasteiger partial charge in [0.05, 0.1) is 24.6 Å². The van der Waals surface area contributed by atoms with Crippen molar-refractivity contribution in [3.05, 3.63) is 58.4 Å². The molecule has 0 fully saturated rings. The van der Waals surface area contributed by atoms with Gasteiger partial charge in [0, 0.05) is 23.4 Å². The van der Waals surface area contributed by atoms with Crippen LogP contribution < -0.4 is 14.9 Å². The molecule has 3 aromatic rings. The highest BCUT2D eigenvalue weighted by Crippen LogP contribution is 2.38. The largest absolute Gasteiger partial charge is 0.497 e. The van der Waals surface area contributed by atoms with E-state index in [0.717, 1.165) is 22.9 Å². The van der Waals surface area contributed by atoms with Crippen molar-refractivity contribution in [3.63, 3.8) is 0 Å². The summed E-state index contributed by atoms with van der Waals surface area (Å²) in [7, 11) is -3.55. The van der Waals surface area contributed by atoms with Crippen molar-refractivity contribution in [2.45, 2.75) is 20.1 Å². The topological polar surface area (TPSA) is 107 Å². The van der Waals surface area contributed by atoms with Gasteiger partial charge in [-0.2, -0.15) is 0 Å². The molecule has 0 unspecified atom stereocenters. The lowest BCUT2D eigenvalue weighted by atomic mass is 10.0. The van der Waals surface area contributed by atoms with Crippen LogP contribution in [0.1, 0.15) is 13.3 Å². The molecule has 166 valence electrons. The molecule has 2 N–H and O–H groups in total. The number of pyridine rings is 1. The Morgan fingerprint density at radius 3 is 2.45 bits per heavy atom. The maximum atomic E-state index is 14.7. The zero-order chi connectivity index (χ0) is 22.8. The minimum absolute atomic E-state index is 0.0652. The SMILES string of the molecule is CCCOc1ccc(F)c2c(=O)c(-c3ccc(OC)cc3F)cn(COP(=O)(O)O)c12. The van der Waals surface area contributed by atoms with Gasteiger partial charge in [-0.05, 0) is 30.7 Å². The number of rotatable bonds is 8. The van der Waals surface area contributed by atoms with Crippen LogP contribution in [-0.4, -0.2) is 28.1 Å². The third-order valence-electron chi connectivity index (χ3n) is 4.43. The van der Waals surface area contributed by atoms with Gasteiger partial charge < -0.3 is 23.8 Å². The standard InChI is InChI=1S/C20H20F2NO7P/c1-3-8-29-17-7-6-15(21)18-19(17)23(11-30-31(25,26)27)10-14(20(18)24)13-5-4-12(28-2)9-16(13)22/h4-7,9-10H,3,8,11H2,1-2H3,(H2,25,26,27). The summed E-state index contributed by atoms with van der Waals surface area (Å²) in [4.78, 5) is 31.3. The highest BCUT2D eigenvalue weighted by Gasteiger charge is 2.22. The summed E-state index contributed by atoms with van der Waals surface area (Å²) in [6.45, 7) is 1.36. The van der Waals surface area contributed by atoms with Gasteiger partial charge >= 0.3 is 7.82 Å². The summed E-state index contributed by atoms with van der Waals surface area (Å²) in [5.74, 6) is -1.36. The molecule has 1 aromatic heterocycles. The number of halogens is 2. The molecule has 8 nitrogen and oxygen atoms in total. The van der Waals surface area contributed by atoms with E-state index < -0.39 is 37.0 Å². The lowest BCUT2D eigenvalue weighted by Gasteiger charge is -2.18. The molecule has 0 spiro atoms. The zero-order valence-corrected chi connectivity index (χ0v) is 17.6. The van der Waals surface area contributed by atoms with Crippen molar-refractivity contribution in [1.82, 2.24) is 4.57 Å². The number of nitrogens with zero attached hydrogens (tertiary/aromatic N) is 1. The molecular formula is C20H20F2NO7P. The van der Waals surface area contributed by atoms with E-state index >= 15 is 0 Å². The molecule has 3 rings (SSSR count). The van der Waals surface area contributed by atoms with Crippen molar-refractivity contribution < 1.29 is 37.1 Å². The van der Waals surface area contributed by atoms with Crippen molar-refractivity contribution in [2.75, 3.05) is 13.7 Å². The molecule has 0 bridgehead atoms. The normalized spacial score (nSPS) is 11.7. The van der Waals surface area contributed by atoms with E-state index in [1.54, 1.807) is 0 Å². The Bertz CT molecular complexity index is 1220. The minimum atomic E-state index is -4.90. The van der Waals surface area contributed by atoms with Crippen LogP contribution in [0, 0.1) is 11.6 Å². The summed E-state index contributed by atoms with van der Waals surface area (Å²) < 4.78 is 56.8. The third kappa shape index (κ3) is 4.94. The Hall–Kier alpha value is -2.78. The maximum absolute atomic E-state index is 14.7. The number of aromatic nitrogens is 1. The van der Waals surface area contributed by atoms with E-state index in [2.05, 4.69) is 4.52 Å². The van der Waals surface area contributed by atoms with Crippen molar-refractivity contribution in [2.24, 2.45) is 0 Å². The fraction of sp³-hybridized carbons (Fsp3) is 0.250. The van der Waals surface area contributed by atoms with Gasteiger partial charge in [0.15, 0.2) is 5.43 Å². The lowest BCUT2D eigenvalue weighted by molar-refractivity contribution is 0.155. The van der Waals surface area contributed by atoms with Crippen LogP contribution >= 0.6 is 7.82 Å². The lowest BCUT2D eigenvalue weighted by Crippen LogP contribution is -2.16. The Labute approximate surface area is 175 Å². The van der Waals surface area contributed by atoms with Gasteiger partial charge in [0.1, 0.15) is 29.9 Å². The van der Waals surface area contributed by atoms with Gasteiger partial charge in [0.25, 0.3) is 0 Å². The first kappa shape index (κ1) is 22.9. The van der Waals surface area contributed by atoms with Crippen LogP contribution in [0.2, 0.25) is 0 Å². The highest BCUT2D eigenvalue weighted by molar-refractivity contribution is 7.46. The number of hydrogen-bond donors (Lipinski definition) is 2. The van der Waals surface area contributed by atoms with E-state index in [4.69, 9.17) is 19.3 Å². The number of ether oxygens (including phenoxy) is 2. The van der Waals surface area contributed by atoms with Crippen molar-refractivity contribution in [1.29, 1.82) is 0 Å². The van der Waals surface area contributed by atoms with Crippen LogP contribution in [0.3, 0.4) is 0 Å². The predicted octanol–water partition coefficient (Wildman–Crippen LogP) is 3.81. The van der Waals surface area contributed by atoms with Crippen LogP contribution in [0.4, 0.5) is 8.78 Å². The first-order valence-corrected chi connectivity index (χ1v) is 10.7. The van der Waals surface area contributed by atoms with Gasteiger partial charge in [0.2, 0.25) is 0 Å². The fourth-order valence-corrected chi connectivity index (χ4v) is 3.34. The monoisotopic (exact) mass is 455 g/mol. The van der Waals surface area contributed by atoms with Crippen LogP contribution in [0.15, 0.2) is 41.3 Å². The predicted molar refractivity (Wildman–Crippen MR) is 109 cm³/mol. The summed E-state index contributed by atoms with van der Waals surface area (Å²) >= 11 is 0. The maximum Gasteiger partial charge on any atom is 0.471 e. The number of hydrogen-bond acceptors (Lipinski definition) is 5. The average Bonchev–Trinajstić information content (AvgIpc) is 2.72. The third-order valence-corrected chi connectivity index (χ3v) is 4.88. The highest BCUT2D eigenvalue weighted by atomic mass is 31.2. The average molecular weight is 455 g/mol. The number of methoxy groups -OCH3 is 1. The molecule has 0 saturated carbocycles. The Kier molecular flexibility index (Phi) is 6.76. The Morgan fingerprint density at radius 2 is 1.84 bits per heavy atom. The molecule has 1 heterocycles. The summed E-state index contributed by atoms with van der Waals surface area (Å²) in [6.07, 6.45) is 1.76. The number of phosphoric acid groups is 1. The first-order valence-electron chi connectivity index (χ1n) is 9.18. The van der Waals surface area contributed by atoms with Gasteiger partial charge in [-0.15, -0.1) is 0 Å². The number of fused-ring (bicyclic) bond motifs is 1. The Balaban J connectivity index is 2.32. The van der Waals surface area contributed by atoms with E-state index in [-0.39, 0.29) is 34.7 Å². The summed E-state index contributed by atoms with van der Waals surface area (Å²) in [6, 6.07) is 6.12. The molecule has 0 radical (unpaired) electrons. The number of benzene rings is 2. The van der Waals surface area contributed by atoms with Crippen LogP contribution in [0.25, 0.3) is 22.0 Å². The summed E-state index contributed by atoms with van der Waals surface area (Å²) in [5.41, 5.74) is -1.25. The van der Waals surface area contributed by atoms with E-state index in [1.807, 2.05) is 6.92 Å². The molecule has 0 aliphatic carbocycles. The molecule has 0 saturated heterocycles. The van der Waals surface area contributed by atoms with E-state index in [0.29, 0.717) is 6.42 Å². The first-order chi connectivity index (χ1) is 14.7. The minimum Gasteiger partial charge on any atom is -0.497 e. The molecular weight excluding hydrogens is 435 g/mol. The smallest absolute Gasteiger partial charge is 0.471 e. The van der Waals surface area contributed by atoms with Crippen LogP contribution in [-0.2, 0) is 15.8 Å². The molecule has 2 aromatic carbocycles. The quantitative estimate of drug-likeness (QED) is 0.498. The van der Waals surface area contributed by atoms with Gasteiger partial charge in [-0.3, -0.25) is 9.32 Å². The van der Waals surface area contributed by atoms with Gasteiger partial charge in [-0.25, -0.2) is 13.3 Å². The fourth-order valence-electron chi connectivity index (χ4n) is 3.06. The molecule has 0 aliphatic heterocycles. The zero-order valence-electron chi connectivity index (χ0n) is 16.7. The molecule has 11 heteroatoms. The van der Waals surface area contributed by atoms with Gasteiger partial charge in [-0.1, -0.05) is 6.92 Å². The van der Waals surface area contributed by atoms with Crippen LogP contribution in [0.5, 0.6) is 11.5 Å². The van der Waals surface area contributed by atoms with Crippen molar-refractivity contribution in [3.8, 4) is 22.6 Å².